The lowest BCUT2D eigenvalue weighted by molar-refractivity contribution is 0.112. The van der Waals surface area contributed by atoms with E-state index in [4.69, 9.17) is 0 Å². The van der Waals surface area contributed by atoms with Crippen molar-refractivity contribution in [2.24, 2.45) is 5.92 Å². The fraction of sp³-hybridized carbons (Fsp3) is 0.278. The highest BCUT2D eigenvalue weighted by Gasteiger charge is 2.17. The molecule has 2 aromatic rings. The Balaban J connectivity index is 1.82. The number of benzene rings is 2. The molecule has 1 aliphatic carbocycles. The SMILES string of the molecule is O=Cc1ccc(-c2cccc(CC3CCC3)c2)cc1. The van der Waals surface area contributed by atoms with Crippen molar-refractivity contribution in [1.82, 2.24) is 0 Å². The van der Waals surface area contributed by atoms with Gasteiger partial charge in [0.2, 0.25) is 0 Å². The zero-order chi connectivity index (χ0) is 13.1. The quantitative estimate of drug-likeness (QED) is 0.730. The zero-order valence-electron chi connectivity index (χ0n) is 11.0. The first-order valence-electron chi connectivity index (χ1n) is 7.00. The number of carbonyl (C=O) groups excluding carboxylic acids is 1. The molecule has 0 radical (unpaired) electrons. The number of aldehydes is 1. The van der Waals surface area contributed by atoms with Gasteiger partial charge in [0.05, 0.1) is 0 Å². The van der Waals surface area contributed by atoms with E-state index in [1.807, 2.05) is 24.3 Å². The molecule has 1 heteroatoms. The van der Waals surface area contributed by atoms with Crippen molar-refractivity contribution in [3.05, 3.63) is 59.7 Å². The molecular weight excluding hydrogens is 232 g/mol. The van der Waals surface area contributed by atoms with Gasteiger partial charge >= 0.3 is 0 Å². The minimum Gasteiger partial charge on any atom is -0.298 e. The molecule has 2 aromatic carbocycles. The first-order valence-corrected chi connectivity index (χ1v) is 7.00. The monoisotopic (exact) mass is 250 g/mol. The summed E-state index contributed by atoms with van der Waals surface area (Å²) in [5.74, 6) is 0.896. The van der Waals surface area contributed by atoms with Crippen molar-refractivity contribution >= 4 is 6.29 Å². The van der Waals surface area contributed by atoms with E-state index >= 15 is 0 Å². The summed E-state index contributed by atoms with van der Waals surface area (Å²) in [5.41, 5.74) is 4.59. The van der Waals surface area contributed by atoms with E-state index < -0.39 is 0 Å². The summed E-state index contributed by atoms with van der Waals surface area (Å²) >= 11 is 0. The van der Waals surface area contributed by atoms with E-state index in [9.17, 15) is 4.79 Å². The lowest BCUT2D eigenvalue weighted by Gasteiger charge is -2.25. The van der Waals surface area contributed by atoms with Crippen LogP contribution in [0.25, 0.3) is 11.1 Å². The van der Waals surface area contributed by atoms with Crippen LogP contribution in [-0.2, 0) is 6.42 Å². The van der Waals surface area contributed by atoms with Gasteiger partial charge in [-0.05, 0) is 29.0 Å². The predicted molar refractivity (Wildman–Crippen MR) is 78.3 cm³/mol. The highest BCUT2D eigenvalue weighted by Crippen LogP contribution is 2.30. The molecule has 0 heterocycles. The van der Waals surface area contributed by atoms with Crippen LogP contribution in [0.5, 0.6) is 0 Å². The van der Waals surface area contributed by atoms with E-state index in [1.54, 1.807) is 0 Å². The Bertz CT molecular complexity index is 564. The van der Waals surface area contributed by atoms with Crippen molar-refractivity contribution < 1.29 is 4.79 Å². The third kappa shape index (κ3) is 2.76. The molecule has 0 spiro atoms. The van der Waals surface area contributed by atoms with Crippen LogP contribution in [0, 0.1) is 5.92 Å². The van der Waals surface area contributed by atoms with Crippen LogP contribution in [0.1, 0.15) is 35.2 Å². The smallest absolute Gasteiger partial charge is 0.150 e. The topological polar surface area (TPSA) is 17.1 Å². The maximum absolute atomic E-state index is 10.7. The third-order valence-corrected chi connectivity index (χ3v) is 4.06. The standard InChI is InChI=1S/C18H18O/c19-13-15-7-9-17(10-8-15)18-6-2-5-16(12-18)11-14-3-1-4-14/h2,5-10,12-14H,1,3-4,11H2. The van der Waals surface area contributed by atoms with Crippen LogP contribution in [0.2, 0.25) is 0 Å². The Labute approximate surface area is 114 Å². The molecule has 0 unspecified atom stereocenters. The van der Waals surface area contributed by atoms with Gasteiger partial charge in [0, 0.05) is 5.56 Å². The minimum absolute atomic E-state index is 0.731. The van der Waals surface area contributed by atoms with Gasteiger partial charge < -0.3 is 0 Å². The Morgan fingerprint density at radius 2 is 1.79 bits per heavy atom. The highest BCUT2D eigenvalue weighted by molar-refractivity contribution is 5.77. The molecule has 1 fully saturated rings. The molecule has 19 heavy (non-hydrogen) atoms. The van der Waals surface area contributed by atoms with Gasteiger partial charge in [-0.2, -0.15) is 0 Å². The van der Waals surface area contributed by atoms with Crippen LogP contribution in [0.3, 0.4) is 0 Å². The van der Waals surface area contributed by atoms with Gasteiger partial charge in [-0.1, -0.05) is 67.8 Å². The molecule has 0 atom stereocenters. The van der Waals surface area contributed by atoms with Gasteiger partial charge in [0.25, 0.3) is 0 Å². The molecule has 1 aliphatic rings. The van der Waals surface area contributed by atoms with Gasteiger partial charge in [0.1, 0.15) is 6.29 Å². The van der Waals surface area contributed by atoms with Crippen LogP contribution in [0.15, 0.2) is 48.5 Å². The number of hydrogen-bond donors (Lipinski definition) is 0. The summed E-state index contributed by atoms with van der Waals surface area (Å²) in [6, 6.07) is 16.6. The normalized spacial score (nSPS) is 14.9. The fourth-order valence-electron chi connectivity index (χ4n) is 2.66. The Kier molecular flexibility index (Phi) is 3.45. The first-order chi connectivity index (χ1) is 9.35. The van der Waals surface area contributed by atoms with Crippen molar-refractivity contribution in [3.8, 4) is 11.1 Å². The van der Waals surface area contributed by atoms with Gasteiger partial charge in [-0.15, -0.1) is 0 Å². The third-order valence-electron chi connectivity index (χ3n) is 4.06. The summed E-state index contributed by atoms with van der Waals surface area (Å²) in [6.45, 7) is 0. The van der Waals surface area contributed by atoms with Crippen molar-refractivity contribution in [3.63, 3.8) is 0 Å². The average molecular weight is 250 g/mol. The lowest BCUT2D eigenvalue weighted by Crippen LogP contribution is -2.13. The summed E-state index contributed by atoms with van der Waals surface area (Å²) < 4.78 is 0. The Morgan fingerprint density at radius 3 is 2.42 bits per heavy atom. The maximum Gasteiger partial charge on any atom is 0.150 e. The van der Waals surface area contributed by atoms with E-state index in [2.05, 4.69) is 24.3 Å². The van der Waals surface area contributed by atoms with Gasteiger partial charge in [-0.25, -0.2) is 0 Å². The largest absolute Gasteiger partial charge is 0.298 e. The second-order valence-electron chi connectivity index (χ2n) is 5.44. The number of hydrogen-bond acceptors (Lipinski definition) is 1. The van der Waals surface area contributed by atoms with E-state index in [0.29, 0.717) is 0 Å². The summed E-state index contributed by atoms with van der Waals surface area (Å²) in [7, 11) is 0. The molecule has 1 saturated carbocycles. The van der Waals surface area contributed by atoms with Crippen LogP contribution in [-0.4, -0.2) is 6.29 Å². The second kappa shape index (κ2) is 5.40. The van der Waals surface area contributed by atoms with Crippen LogP contribution >= 0.6 is 0 Å². The molecule has 96 valence electrons. The summed E-state index contributed by atoms with van der Waals surface area (Å²) in [6.07, 6.45) is 6.27. The second-order valence-corrected chi connectivity index (χ2v) is 5.44. The molecule has 0 amide bonds. The molecule has 0 saturated heterocycles. The zero-order valence-corrected chi connectivity index (χ0v) is 11.0. The first kappa shape index (κ1) is 12.2. The number of rotatable bonds is 4. The summed E-state index contributed by atoms with van der Waals surface area (Å²) in [5, 5.41) is 0. The maximum atomic E-state index is 10.7. The van der Waals surface area contributed by atoms with Crippen LogP contribution < -0.4 is 0 Å². The average Bonchev–Trinajstić information content (AvgIpc) is 2.43. The van der Waals surface area contributed by atoms with E-state index in [1.165, 1.54) is 42.4 Å². The fourth-order valence-corrected chi connectivity index (χ4v) is 2.66. The summed E-state index contributed by atoms with van der Waals surface area (Å²) in [4.78, 5) is 10.7. The molecule has 3 rings (SSSR count). The van der Waals surface area contributed by atoms with Crippen molar-refractivity contribution in [2.75, 3.05) is 0 Å². The van der Waals surface area contributed by atoms with E-state index in [-0.39, 0.29) is 0 Å². The number of carbonyl (C=O) groups is 1. The molecule has 0 aromatic heterocycles. The van der Waals surface area contributed by atoms with Crippen LogP contribution in [0.4, 0.5) is 0 Å². The van der Waals surface area contributed by atoms with Gasteiger partial charge in [0.15, 0.2) is 0 Å². The molecule has 0 bridgehead atoms. The molecular formula is C18H18O. The van der Waals surface area contributed by atoms with E-state index in [0.717, 1.165) is 17.8 Å². The molecule has 1 nitrogen and oxygen atoms in total. The van der Waals surface area contributed by atoms with Crippen molar-refractivity contribution in [2.45, 2.75) is 25.7 Å². The highest BCUT2D eigenvalue weighted by atomic mass is 16.1. The lowest BCUT2D eigenvalue weighted by atomic mass is 9.80. The minimum atomic E-state index is 0.731. The Hall–Kier alpha value is -1.89. The Morgan fingerprint density at radius 1 is 1.00 bits per heavy atom. The van der Waals surface area contributed by atoms with Gasteiger partial charge in [-0.3, -0.25) is 4.79 Å². The van der Waals surface area contributed by atoms with Crippen molar-refractivity contribution in [1.29, 1.82) is 0 Å². The molecule has 0 aliphatic heterocycles. The molecule has 0 N–H and O–H groups in total. The predicted octanol–water partition coefficient (Wildman–Crippen LogP) is 4.51.